The van der Waals surface area contributed by atoms with Crippen LogP contribution in [-0.2, 0) is 23.7 Å². The molecular weight excluding hydrogens is 296 g/mol. The molecule has 22 heavy (non-hydrogen) atoms. The first-order chi connectivity index (χ1) is 10.7. The molecule has 5 atom stereocenters. The van der Waals surface area contributed by atoms with Crippen LogP contribution in [0.1, 0.15) is 6.92 Å². The molecule has 3 N–H and O–H groups in total. The van der Waals surface area contributed by atoms with Crippen molar-refractivity contribution in [3.8, 4) is 0 Å². The number of aliphatic hydroxyl groups is 3. The lowest BCUT2D eigenvalue weighted by Gasteiger charge is -2.44. The molecule has 1 fully saturated rings. The fourth-order valence-electron chi connectivity index (χ4n) is 2.58. The van der Waals surface area contributed by atoms with Gasteiger partial charge in [0, 0.05) is 7.11 Å². The van der Waals surface area contributed by atoms with E-state index in [0.717, 1.165) is 0 Å². The lowest BCUT2D eigenvalue weighted by atomic mass is 9.95. The van der Waals surface area contributed by atoms with Crippen molar-refractivity contribution < 1.29 is 39.0 Å². The van der Waals surface area contributed by atoms with Gasteiger partial charge in [-0.25, -0.2) is 0 Å². The van der Waals surface area contributed by atoms with Crippen molar-refractivity contribution in [3.05, 3.63) is 0 Å². The monoisotopic (exact) mass is 324 g/mol. The van der Waals surface area contributed by atoms with Gasteiger partial charge in [-0.15, -0.1) is 0 Å². The van der Waals surface area contributed by atoms with Crippen LogP contribution in [0.2, 0.25) is 0 Å². The second-order valence-electron chi connectivity index (χ2n) is 5.00. The van der Waals surface area contributed by atoms with Gasteiger partial charge in [-0.05, 0) is 6.92 Å². The van der Waals surface area contributed by atoms with E-state index in [9.17, 15) is 0 Å². The van der Waals surface area contributed by atoms with Gasteiger partial charge in [0.25, 0.3) is 0 Å². The maximum Gasteiger partial charge on any atom is 0.115 e. The average molecular weight is 324 g/mol. The van der Waals surface area contributed by atoms with Gasteiger partial charge >= 0.3 is 0 Å². The van der Waals surface area contributed by atoms with Gasteiger partial charge in [-0.3, -0.25) is 0 Å². The molecule has 0 bridgehead atoms. The van der Waals surface area contributed by atoms with E-state index in [-0.39, 0.29) is 58.5 Å². The van der Waals surface area contributed by atoms with Crippen LogP contribution in [0, 0.1) is 0 Å². The lowest BCUT2D eigenvalue weighted by Crippen LogP contribution is -2.60. The Bertz CT molecular complexity index is 278. The second kappa shape index (κ2) is 11.3. The molecule has 1 aliphatic heterocycles. The second-order valence-corrected chi connectivity index (χ2v) is 5.00. The summed E-state index contributed by atoms with van der Waals surface area (Å²) in [6.45, 7) is 2.37. The van der Waals surface area contributed by atoms with Gasteiger partial charge in [0.15, 0.2) is 0 Å². The quantitative estimate of drug-likeness (QED) is 0.397. The predicted octanol–water partition coefficient (Wildman–Crippen LogP) is -1.45. The highest BCUT2D eigenvalue weighted by atomic mass is 16.6. The molecule has 0 spiro atoms. The van der Waals surface area contributed by atoms with E-state index in [1.165, 1.54) is 0 Å². The Kier molecular flexibility index (Phi) is 10.1. The summed E-state index contributed by atoms with van der Waals surface area (Å²) >= 11 is 0. The molecular formula is C14H28O8. The molecule has 0 aliphatic carbocycles. The minimum atomic E-state index is -0.449. The van der Waals surface area contributed by atoms with Gasteiger partial charge in [0.2, 0.25) is 0 Å². The van der Waals surface area contributed by atoms with E-state index >= 15 is 0 Å². The number of ether oxygens (including phenoxy) is 5. The molecule has 0 aromatic rings. The molecule has 0 radical (unpaired) electrons. The summed E-state index contributed by atoms with van der Waals surface area (Å²) in [5, 5.41) is 26.7. The number of rotatable bonds is 11. The van der Waals surface area contributed by atoms with Crippen molar-refractivity contribution in [1.29, 1.82) is 0 Å². The van der Waals surface area contributed by atoms with E-state index < -0.39 is 18.3 Å². The Morgan fingerprint density at radius 2 is 1.45 bits per heavy atom. The SMILES string of the molecule is COC1C(COCCO)O[C@@H](C)C(OCCO)C1OCCO. The first kappa shape index (κ1) is 19.7. The maximum absolute atomic E-state index is 8.99. The summed E-state index contributed by atoms with van der Waals surface area (Å²) in [5.41, 5.74) is 0. The fraction of sp³-hybridized carbons (Fsp3) is 1.00. The van der Waals surface area contributed by atoms with E-state index in [0.29, 0.717) is 0 Å². The van der Waals surface area contributed by atoms with Gasteiger partial charge in [0.05, 0.1) is 52.4 Å². The van der Waals surface area contributed by atoms with Crippen molar-refractivity contribution in [2.45, 2.75) is 37.4 Å². The van der Waals surface area contributed by atoms with Crippen LogP contribution in [0.15, 0.2) is 0 Å². The third kappa shape index (κ3) is 5.71. The van der Waals surface area contributed by atoms with Crippen molar-refractivity contribution in [2.24, 2.45) is 0 Å². The molecule has 1 aliphatic rings. The Morgan fingerprint density at radius 3 is 2.00 bits per heavy atom. The highest BCUT2D eigenvalue weighted by Crippen LogP contribution is 2.27. The molecule has 8 nitrogen and oxygen atoms in total. The number of hydrogen-bond donors (Lipinski definition) is 3. The molecule has 1 saturated heterocycles. The summed E-state index contributed by atoms with van der Waals surface area (Å²) < 4.78 is 28.0. The van der Waals surface area contributed by atoms with E-state index in [1.54, 1.807) is 7.11 Å². The maximum atomic E-state index is 8.99. The molecule has 4 unspecified atom stereocenters. The fourth-order valence-corrected chi connectivity index (χ4v) is 2.58. The minimum absolute atomic E-state index is 0.0629. The summed E-state index contributed by atoms with van der Waals surface area (Å²) in [6.07, 6.45) is -1.97. The zero-order chi connectivity index (χ0) is 16.4. The normalized spacial score (nSPS) is 32.3. The number of hydrogen-bond acceptors (Lipinski definition) is 8. The minimum Gasteiger partial charge on any atom is -0.394 e. The first-order valence-corrected chi connectivity index (χ1v) is 7.51. The van der Waals surface area contributed by atoms with Crippen molar-refractivity contribution >= 4 is 0 Å². The molecule has 0 saturated carbocycles. The van der Waals surface area contributed by atoms with Crippen LogP contribution >= 0.6 is 0 Å². The van der Waals surface area contributed by atoms with Crippen LogP contribution in [-0.4, -0.2) is 99.2 Å². The molecule has 0 amide bonds. The molecule has 8 heteroatoms. The Labute approximate surface area is 130 Å². The zero-order valence-corrected chi connectivity index (χ0v) is 13.2. The highest BCUT2D eigenvalue weighted by molar-refractivity contribution is 4.94. The van der Waals surface area contributed by atoms with Crippen molar-refractivity contribution in [3.63, 3.8) is 0 Å². The summed E-state index contributed by atoms with van der Waals surface area (Å²) in [4.78, 5) is 0. The van der Waals surface area contributed by atoms with E-state index in [2.05, 4.69) is 0 Å². The molecule has 0 aromatic heterocycles. The predicted molar refractivity (Wildman–Crippen MR) is 76.7 cm³/mol. The Hall–Kier alpha value is -0.320. The van der Waals surface area contributed by atoms with E-state index in [1.807, 2.05) is 6.92 Å². The van der Waals surface area contributed by atoms with Crippen molar-refractivity contribution in [1.82, 2.24) is 0 Å². The van der Waals surface area contributed by atoms with Crippen LogP contribution in [0.5, 0.6) is 0 Å². The molecule has 132 valence electrons. The van der Waals surface area contributed by atoms with Crippen LogP contribution in [0.4, 0.5) is 0 Å². The third-order valence-electron chi connectivity index (χ3n) is 3.46. The summed E-state index contributed by atoms with van der Waals surface area (Å²) in [7, 11) is 1.54. The molecule has 1 rings (SSSR count). The third-order valence-corrected chi connectivity index (χ3v) is 3.46. The van der Waals surface area contributed by atoms with Gasteiger partial charge in [0.1, 0.15) is 24.4 Å². The van der Waals surface area contributed by atoms with Crippen LogP contribution in [0.3, 0.4) is 0 Å². The summed E-state index contributed by atoms with van der Waals surface area (Å²) in [6, 6.07) is 0. The van der Waals surface area contributed by atoms with Crippen molar-refractivity contribution in [2.75, 3.05) is 53.4 Å². The Morgan fingerprint density at radius 1 is 0.864 bits per heavy atom. The largest absolute Gasteiger partial charge is 0.394 e. The summed E-state index contributed by atoms with van der Waals surface area (Å²) in [5.74, 6) is 0. The zero-order valence-electron chi connectivity index (χ0n) is 13.2. The topological polar surface area (TPSA) is 107 Å². The van der Waals surface area contributed by atoms with E-state index in [4.69, 9.17) is 39.0 Å². The van der Waals surface area contributed by atoms with Gasteiger partial charge in [-0.1, -0.05) is 0 Å². The number of aliphatic hydroxyl groups excluding tert-OH is 3. The smallest absolute Gasteiger partial charge is 0.115 e. The number of methoxy groups -OCH3 is 1. The molecule has 0 aromatic carbocycles. The van der Waals surface area contributed by atoms with Gasteiger partial charge in [-0.2, -0.15) is 0 Å². The highest BCUT2D eigenvalue weighted by Gasteiger charge is 2.46. The standard InChI is InChI=1S/C14H28O8/c1-10-12(20-7-4-16)14(21-8-5-17)13(18-2)11(22-10)9-19-6-3-15/h10-17H,3-9H2,1-2H3/t10-,11?,12?,13?,14?/m0/s1. The van der Waals surface area contributed by atoms with Gasteiger partial charge < -0.3 is 39.0 Å². The lowest BCUT2D eigenvalue weighted by molar-refractivity contribution is -0.259. The first-order valence-electron chi connectivity index (χ1n) is 7.51. The Balaban J connectivity index is 2.75. The van der Waals surface area contributed by atoms with Crippen LogP contribution < -0.4 is 0 Å². The molecule has 1 heterocycles. The van der Waals surface area contributed by atoms with Crippen LogP contribution in [0.25, 0.3) is 0 Å². The average Bonchev–Trinajstić information content (AvgIpc) is 2.52.